The second kappa shape index (κ2) is 4.44. The number of nitrogens with one attached hydrogen (secondary N) is 2. The van der Waals surface area contributed by atoms with E-state index in [1.165, 1.54) is 12.8 Å². The molecular weight excluding hydrogens is 224 g/mol. The number of aromatic nitrogens is 3. The predicted octanol–water partition coefficient (Wildman–Crippen LogP) is 2.99. The van der Waals surface area contributed by atoms with E-state index in [0.29, 0.717) is 6.04 Å². The first-order valence-electron chi connectivity index (χ1n) is 6.49. The van der Waals surface area contributed by atoms with E-state index in [-0.39, 0.29) is 0 Å². The first kappa shape index (κ1) is 11.3. The van der Waals surface area contributed by atoms with Gasteiger partial charge in [-0.05, 0) is 44.7 Å². The molecule has 4 heteroatoms. The van der Waals surface area contributed by atoms with E-state index in [2.05, 4.69) is 39.6 Å². The molecule has 4 nitrogen and oxygen atoms in total. The largest absolute Gasteiger partial charge is 0.382 e. The Kier molecular flexibility index (Phi) is 2.78. The maximum Gasteiger partial charge on any atom is 0.183 e. The van der Waals surface area contributed by atoms with Gasteiger partial charge in [0.05, 0.1) is 0 Å². The Bertz CT molecular complexity index is 542. The van der Waals surface area contributed by atoms with Gasteiger partial charge in [-0.1, -0.05) is 12.1 Å². The van der Waals surface area contributed by atoms with E-state index in [4.69, 9.17) is 0 Å². The Morgan fingerprint density at radius 1 is 1.33 bits per heavy atom. The molecule has 0 spiro atoms. The molecule has 0 bridgehead atoms. The molecule has 94 valence electrons. The molecule has 1 heterocycles. The van der Waals surface area contributed by atoms with E-state index in [1.807, 2.05) is 19.1 Å². The molecule has 1 unspecified atom stereocenters. The number of benzene rings is 1. The fraction of sp³-hybridized carbons (Fsp3) is 0.429. The number of H-pyrrole nitrogens is 1. The Morgan fingerprint density at radius 3 is 2.78 bits per heavy atom. The molecule has 2 N–H and O–H groups in total. The Hall–Kier alpha value is -1.84. The lowest BCUT2D eigenvalue weighted by Crippen LogP contribution is -2.17. The summed E-state index contributed by atoms with van der Waals surface area (Å²) in [5.41, 5.74) is 2.19. The first-order chi connectivity index (χ1) is 8.74. The number of aromatic amines is 1. The number of hydrogen-bond donors (Lipinski definition) is 2. The van der Waals surface area contributed by atoms with Gasteiger partial charge in [0.25, 0.3) is 0 Å². The van der Waals surface area contributed by atoms with Crippen molar-refractivity contribution < 1.29 is 0 Å². The van der Waals surface area contributed by atoms with Crippen molar-refractivity contribution in [1.82, 2.24) is 15.2 Å². The highest BCUT2D eigenvalue weighted by Gasteiger charge is 2.28. The van der Waals surface area contributed by atoms with Crippen LogP contribution in [0, 0.1) is 12.8 Å². The van der Waals surface area contributed by atoms with Crippen LogP contribution >= 0.6 is 0 Å². The maximum absolute atomic E-state index is 4.40. The third kappa shape index (κ3) is 2.23. The molecule has 18 heavy (non-hydrogen) atoms. The topological polar surface area (TPSA) is 53.6 Å². The third-order valence-corrected chi connectivity index (χ3v) is 3.48. The summed E-state index contributed by atoms with van der Waals surface area (Å²) in [6.45, 7) is 4.16. The van der Waals surface area contributed by atoms with Crippen molar-refractivity contribution in [1.29, 1.82) is 0 Å². The minimum Gasteiger partial charge on any atom is -0.382 e. The monoisotopic (exact) mass is 242 g/mol. The zero-order valence-corrected chi connectivity index (χ0v) is 10.8. The highest BCUT2D eigenvalue weighted by molar-refractivity contribution is 5.73. The smallest absolute Gasteiger partial charge is 0.183 e. The van der Waals surface area contributed by atoms with Crippen LogP contribution in [0.15, 0.2) is 24.3 Å². The van der Waals surface area contributed by atoms with Gasteiger partial charge < -0.3 is 5.32 Å². The number of aryl methyl sites for hydroxylation is 1. The van der Waals surface area contributed by atoms with Crippen LogP contribution in [0.1, 0.15) is 25.6 Å². The van der Waals surface area contributed by atoms with Gasteiger partial charge in [0.2, 0.25) is 0 Å². The summed E-state index contributed by atoms with van der Waals surface area (Å²) in [7, 11) is 0. The summed E-state index contributed by atoms with van der Waals surface area (Å²) >= 11 is 0. The molecule has 0 saturated heterocycles. The van der Waals surface area contributed by atoms with Crippen molar-refractivity contribution in [3.05, 3.63) is 30.1 Å². The highest BCUT2D eigenvalue weighted by atomic mass is 15.2. The van der Waals surface area contributed by atoms with E-state index >= 15 is 0 Å². The quantitative estimate of drug-likeness (QED) is 0.866. The number of para-hydroxylation sites is 1. The van der Waals surface area contributed by atoms with Crippen LogP contribution in [0.2, 0.25) is 0 Å². The lowest BCUT2D eigenvalue weighted by atomic mass is 10.1. The number of anilines is 1. The lowest BCUT2D eigenvalue weighted by Gasteiger charge is -2.16. The van der Waals surface area contributed by atoms with Gasteiger partial charge in [0.1, 0.15) is 5.82 Å². The zero-order chi connectivity index (χ0) is 12.5. The standard InChI is InChI=1S/C14H18N4/c1-9(11-7-8-11)15-13-6-4-3-5-12(13)14-16-10(2)17-18-14/h3-6,9,11,15H,7-8H2,1-2H3,(H,16,17,18). The summed E-state index contributed by atoms with van der Waals surface area (Å²) in [6, 6.07) is 8.75. The molecule has 0 aliphatic heterocycles. The molecule has 1 fully saturated rings. The summed E-state index contributed by atoms with van der Waals surface area (Å²) in [5.74, 6) is 2.43. The van der Waals surface area contributed by atoms with Crippen molar-refractivity contribution in [3.8, 4) is 11.4 Å². The van der Waals surface area contributed by atoms with Crippen molar-refractivity contribution in [2.24, 2.45) is 5.92 Å². The number of rotatable bonds is 4. The molecule has 0 radical (unpaired) electrons. The highest BCUT2D eigenvalue weighted by Crippen LogP contribution is 2.35. The lowest BCUT2D eigenvalue weighted by molar-refractivity contribution is 0.694. The van der Waals surface area contributed by atoms with Crippen LogP contribution in [0.25, 0.3) is 11.4 Å². The third-order valence-electron chi connectivity index (χ3n) is 3.48. The Labute approximate surface area is 107 Å². The normalized spacial score (nSPS) is 16.6. The maximum atomic E-state index is 4.40. The minimum absolute atomic E-state index is 0.520. The van der Waals surface area contributed by atoms with Gasteiger partial charge in [0, 0.05) is 17.3 Å². The van der Waals surface area contributed by atoms with E-state index in [1.54, 1.807) is 0 Å². The molecule has 0 amide bonds. The fourth-order valence-electron chi connectivity index (χ4n) is 2.23. The number of nitrogens with zero attached hydrogens (tertiary/aromatic N) is 2. The molecule has 1 atom stereocenters. The SMILES string of the molecule is Cc1nc(-c2ccccc2NC(C)C2CC2)n[nH]1. The molecule has 2 aromatic rings. The van der Waals surface area contributed by atoms with Crippen LogP contribution in [0.3, 0.4) is 0 Å². The van der Waals surface area contributed by atoms with Crippen molar-refractivity contribution in [3.63, 3.8) is 0 Å². The molecule has 1 aliphatic carbocycles. The Balaban J connectivity index is 1.89. The summed E-state index contributed by atoms with van der Waals surface area (Å²) in [5, 5.41) is 10.7. The average molecular weight is 242 g/mol. The van der Waals surface area contributed by atoms with Gasteiger partial charge in [-0.25, -0.2) is 4.98 Å². The Morgan fingerprint density at radius 2 is 2.11 bits per heavy atom. The molecule has 3 rings (SSSR count). The summed E-state index contributed by atoms with van der Waals surface area (Å²) in [4.78, 5) is 4.40. The summed E-state index contributed by atoms with van der Waals surface area (Å²) in [6.07, 6.45) is 2.69. The van der Waals surface area contributed by atoms with Crippen LogP contribution < -0.4 is 5.32 Å². The van der Waals surface area contributed by atoms with E-state index in [9.17, 15) is 0 Å². The van der Waals surface area contributed by atoms with Gasteiger partial charge in [-0.15, -0.1) is 0 Å². The van der Waals surface area contributed by atoms with Crippen molar-refractivity contribution in [2.75, 3.05) is 5.32 Å². The number of hydrogen-bond acceptors (Lipinski definition) is 3. The van der Waals surface area contributed by atoms with Gasteiger partial charge >= 0.3 is 0 Å². The first-order valence-corrected chi connectivity index (χ1v) is 6.49. The van der Waals surface area contributed by atoms with Gasteiger partial charge in [0.15, 0.2) is 5.82 Å². The average Bonchev–Trinajstić information content (AvgIpc) is 3.13. The van der Waals surface area contributed by atoms with Crippen LogP contribution in [0.4, 0.5) is 5.69 Å². The van der Waals surface area contributed by atoms with E-state index in [0.717, 1.165) is 28.8 Å². The van der Waals surface area contributed by atoms with Gasteiger partial charge in [-0.3, -0.25) is 5.10 Å². The fourth-order valence-corrected chi connectivity index (χ4v) is 2.23. The molecular formula is C14H18N4. The second-order valence-corrected chi connectivity index (χ2v) is 5.06. The van der Waals surface area contributed by atoms with Crippen LogP contribution in [-0.2, 0) is 0 Å². The van der Waals surface area contributed by atoms with Crippen LogP contribution in [0.5, 0.6) is 0 Å². The molecule has 1 aliphatic rings. The zero-order valence-electron chi connectivity index (χ0n) is 10.8. The van der Waals surface area contributed by atoms with Crippen molar-refractivity contribution in [2.45, 2.75) is 32.7 Å². The van der Waals surface area contributed by atoms with Crippen LogP contribution in [-0.4, -0.2) is 21.2 Å². The second-order valence-electron chi connectivity index (χ2n) is 5.06. The minimum atomic E-state index is 0.520. The summed E-state index contributed by atoms with van der Waals surface area (Å²) < 4.78 is 0. The molecule has 1 aromatic heterocycles. The molecule has 1 aromatic carbocycles. The van der Waals surface area contributed by atoms with Gasteiger partial charge in [-0.2, -0.15) is 5.10 Å². The van der Waals surface area contributed by atoms with E-state index < -0.39 is 0 Å². The predicted molar refractivity (Wildman–Crippen MR) is 72.4 cm³/mol. The molecule has 1 saturated carbocycles. The van der Waals surface area contributed by atoms with Crippen molar-refractivity contribution >= 4 is 5.69 Å².